The van der Waals surface area contributed by atoms with Crippen LogP contribution in [-0.4, -0.2) is 0 Å². The number of allylic oxidation sites excluding steroid dienone is 2. The van der Waals surface area contributed by atoms with E-state index in [1.165, 1.54) is 63.4 Å². The number of hydrogen-bond acceptors (Lipinski definition) is 0. The Bertz CT molecular complexity index is 519. The molecule has 24 heavy (non-hydrogen) atoms. The van der Waals surface area contributed by atoms with E-state index in [0.29, 0.717) is 0 Å². The molecule has 0 N–H and O–H groups in total. The van der Waals surface area contributed by atoms with Gasteiger partial charge in [0.05, 0.1) is 0 Å². The second-order valence-corrected chi connectivity index (χ2v) is 8.33. The quantitative estimate of drug-likeness (QED) is 0.489. The van der Waals surface area contributed by atoms with Crippen LogP contribution in [0.4, 0.5) is 4.39 Å². The SMILES string of the molecule is C[C@H]1CC[C@H](CCC2CC=C(CCc3ccc(F)cc3)CC2)CC1. The van der Waals surface area contributed by atoms with Crippen LogP contribution >= 0.6 is 0 Å². The monoisotopic (exact) mass is 328 g/mol. The molecule has 1 aromatic rings. The zero-order valence-corrected chi connectivity index (χ0v) is 15.3. The number of benzene rings is 1. The van der Waals surface area contributed by atoms with E-state index in [9.17, 15) is 4.39 Å². The molecule has 1 aromatic carbocycles. The van der Waals surface area contributed by atoms with Crippen LogP contribution in [0.25, 0.3) is 0 Å². The van der Waals surface area contributed by atoms with Gasteiger partial charge in [0.1, 0.15) is 5.82 Å². The van der Waals surface area contributed by atoms with Crippen molar-refractivity contribution in [2.75, 3.05) is 0 Å². The number of halogens is 1. The van der Waals surface area contributed by atoms with Gasteiger partial charge in [-0.05, 0) is 74.0 Å². The Labute approximate surface area is 147 Å². The summed E-state index contributed by atoms with van der Waals surface area (Å²) < 4.78 is 12.9. The molecule has 1 saturated carbocycles. The number of hydrogen-bond donors (Lipinski definition) is 0. The molecule has 1 unspecified atom stereocenters. The summed E-state index contributed by atoms with van der Waals surface area (Å²) in [5.74, 6) is 2.79. The molecule has 2 aliphatic carbocycles. The lowest BCUT2D eigenvalue weighted by Crippen LogP contribution is -2.14. The number of aryl methyl sites for hydroxylation is 1. The Morgan fingerprint density at radius 1 is 0.875 bits per heavy atom. The third-order valence-corrected chi connectivity index (χ3v) is 6.38. The third-order valence-electron chi connectivity index (χ3n) is 6.38. The van der Waals surface area contributed by atoms with Crippen molar-refractivity contribution in [2.24, 2.45) is 17.8 Å². The first-order valence-corrected chi connectivity index (χ1v) is 10.1. The minimum Gasteiger partial charge on any atom is -0.207 e. The summed E-state index contributed by atoms with van der Waals surface area (Å²) in [6.45, 7) is 2.41. The highest BCUT2D eigenvalue weighted by molar-refractivity contribution is 5.18. The molecule has 2 aliphatic rings. The second kappa shape index (κ2) is 8.83. The van der Waals surface area contributed by atoms with Gasteiger partial charge in [0.25, 0.3) is 0 Å². The molecule has 0 aromatic heterocycles. The Hall–Kier alpha value is -1.11. The zero-order chi connectivity index (χ0) is 16.8. The minimum atomic E-state index is -0.133. The fraction of sp³-hybridized carbons (Fsp3) is 0.652. The van der Waals surface area contributed by atoms with E-state index in [4.69, 9.17) is 0 Å². The van der Waals surface area contributed by atoms with E-state index >= 15 is 0 Å². The van der Waals surface area contributed by atoms with E-state index in [-0.39, 0.29) is 5.82 Å². The maximum absolute atomic E-state index is 12.9. The molecule has 0 amide bonds. The van der Waals surface area contributed by atoms with Crippen LogP contribution in [-0.2, 0) is 6.42 Å². The molecule has 0 saturated heterocycles. The summed E-state index contributed by atoms with van der Waals surface area (Å²) in [6.07, 6.45) is 17.5. The van der Waals surface area contributed by atoms with Crippen LogP contribution in [0.5, 0.6) is 0 Å². The van der Waals surface area contributed by atoms with Crippen LogP contribution in [0.15, 0.2) is 35.9 Å². The molecule has 0 heterocycles. The van der Waals surface area contributed by atoms with Crippen LogP contribution in [0.2, 0.25) is 0 Å². The normalized spacial score (nSPS) is 27.8. The average molecular weight is 329 g/mol. The fourth-order valence-electron chi connectivity index (χ4n) is 4.48. The Morgan fingerprint density at radius 3 is 2.25 bits per heavy atom. The second-order valence-electron chi connectivity index (χ2n) is 8.33. The van der Waals surface area contributed by atoms with Gasteiger partial charge in [-0.3, -0.25) is 0 Å². The van der Waals surface area contributed by atoms with Crippen LogP contribution < -0.4 is 0 Å². The summed E-state index contributed by atoms with van der Waals surface area (Å²) in [5, 5.41) is 0. The maximum Gasteiger partial charge on any atom is 0.123 e. The van der Waals surface area contributed by atoms with Gasteiger partial charge in [-0.15, -0.1) is 0 Å². The van der Waals surface area contributed by atoms with Crippen molar-refractivity contribution in [1.29, 1.82) is 0 Å². The molecule has 0 bridgehead atoms. The van der Waals surface area contributed by atoms with Gasteiger partial charge in [0, 0.05) is 0 Å². The summed E-state index contributed by atoms with van der Waals surface area (Å²) >= 11 is 0. The first-order valence-electron chi connectivity index (χ1n) is 10.1. The van der Waals surface area contributed by atoms with E-state index < -0.39 is 0 Å². The lowest BCUT2D eigenvalue weighted by atomic mass is 9.78. The average Bonchev–Trinajstić information content (AvgIpc) is 2.62. The van der Waals surface area contributed by atoms with Gasteiger partial charge in [-0.2, -0.15) is 0 Å². The minimum absolute atomic E-state index is 0.133. The van der Waals surface area contributed by atoms with Crippen molar-refractivity contribution in [3.8, 4) is 0 Å². The summed E-state index contributed by atoms with van der Waals surface area (Å²) in [6, 6.07) is 7.00. The van der Waals surface area contributed by atoms with E-state index in [1.54, 1.807) is 17.7 Å². The van der Waals surface area contributed by atoms with Gasteiger partial charge in [-0.1, -0.05) is 62.8 Å². The third kappa shape index (κ3) is 5.46. The predicted octanol–water partition coefficient (Wildman–Crippen LogP) is 7.09. The summed E-state index contributed by atoms with van der Waals surface area (Å²) in [5.41, 5.74) is 2.88. The lowest BCUT2D eigenvalue weighted by Gasteiger charge is -2.28. The molecule has 1 heteroatoms. The van der Waals surface area contributed by atoms with Gasteiger partial charge in [0.2, 0.25) is 0 Å². The van der Waals surface area contributed by atoms with Crippen molar-refractivity contribution in [3.63, 3.8) is 0 Å². The molecule has 132 valence electrons. The van der Waals surface area contributed by atoms with Crippen molar-refractivity contribution in [1.82, 2.24) is 0 Å². The standard InChI is InChI=1S/C23H33F/c1-18-2-4-19(5-3-18)6-7-20-8-10-21(11-9-20)12-13-22-14-16-23(24)17-15-22/h10,14-20H,2-9,11-13H2,1H3/t18-,19-,20?. The first kappa shape index (κ1) is 17.7. The van der Waals surface area contributed by atoms with Crippen molar-refractivity contribution in [3.05, 3.63) is 47.3 Å². The highest BCUT2D eigenvalue weighted by Gasteiger charge is 2.20. The van der Waals surface area contributed by atoms with E-state index in [0.717, 1.165) is 30.6 Å². The molecule has 0 nitrogen and oxygen atoms in total. The van der Waals surface area contributed by atoms with Crippen molar-refractivity contribution < 1.29 is 4.39 Å². The Morgan fingerprint density at radius 2 is 1.58 bits per heavy atom. The summed E-state index contributed by atoms with van der Waals surface area (Å²) in [7, 11) is 0. The molecule has 0 spiro atoms. The van der Waals surface area contributed by atoms with Gasteiger partial charge in [0.15, 0.2) is 0 Å². The van der Waals surface area contributed by atoms with Crippen molar-refractivity contribution >= 4 is 0 Å². The van der Waals surface area contributed by atoms with E-state index in [2.05, 4.69) is 13.0 Å². The molecule has 0 aliphatic heterocycles. The summed E-state index contributed by atoms with van der Waals surface area (Å²) in [4.78, 5) is 0. The number of rotatable bonds is 6. The van der Waals surface area contributed by atoms with E-state index in [1.807, 2.05) is 12.1 Å². The Balaban J connectivity index is 1.35. The van der Waals surface area contributed by atoms with Crippen LogP contribution in [0.3, 0.4) is 0 Å². The van der Waals surface area contributed by atoms with Crippen LogP contribution in [0, 0.1) is 23.6 Å². The molecular weight excluding hydrogens is 295 g/mol. The molecule has 1 atom stereocenters. The lowest BCUT2D eigenvalue weighted by molar-refractivity contribution is 0.256. The largest absolute Gasteiger partial charge is 0.207 e. The van der Waals surface area contributed by atoms with Gasteiger partial charge >= 0.3 is 0 Å². The topological polar surface area (TPSA) is 0 Å². The molecular formula is C23H33F. The molecule has 1 fully saturated rings. The predicted molar refractivity (Wildman–Crippen MR) is 101 cm³/mol. The van der Waals surface area contributed by atoms with Crippen molar-refractivity contribution in [2.45, 2.75) is 77.6 Å². The first-order chi connectivity index (χ1) is 11.7. The fourth-order valence-corrected chi connectivity index (χ4v) is 4.48. The highest BCUT2D eigenvalue weighted by atomic mass is 19.1. The molecule has 0 radical (unpaired) electrons. The van der Waals surface area contributed by atoms with Gasteiger partial charge < -0.3 is 0 Å². The smallest absolute Gasteiger partial charge is 0.123 e. The Kier molecular flexibility index (Phi) is 6.51. The van der Waals surface area contributed by atoms with Gasteiger partial charge in [-0.25, -0.2) is 4.39 Å². The highest BCUT2D eigenvalue weighted by Crippen LogP contribution is 2.35. The van der Waals surface area contributed by atoms with Crippen LogP contribution in [0.1, 0.15) is 76.7 Å². The molecule has 3 rings (SSSR count). The zero-order valence-electron chi connectivity index (χ0n) is 15.3. The maximum atomic E-state index is 12.9.